The summed E-state index contributed by atoms with van der Waals surface area (Å²) in [5, 5.41) is 7.54. The lowest BCUT2D eigenvalue weighted by Crippen LogP contribution is -2.46. The second kappa shape index (κ2) is 10.4. The molecule has 0 bridgehead atoms. The summed E-state index contributed by atoms with van der Waals surface area (Å²) in [6.45, 7) is 1.03. The number of rotatable bonds is 7. The van der Waals surface area contributed by atoms with Crippen molar-refractivity contribution in [2.24, 2.45) is 12.2 Å². The fraction of sp³-hybridized carbons (Fsp3) is 0.417. The third-order valence-corrected chi connectivity index (χ3v) is 7.27. The highest BCUT2D eigenvalue weighted by molar-refractivity contribution is 7.21. The van der Waals surface area contributed by atoms with Crippen molar-refractivity contribution in [2.75, 3.05) is 25.5 Å². The smallest absolute Gasteiger partial charge is 0.389 e. The molecule has 11 heteroatoms. The Labute approximate surface area is 203 Å². The van der Waals surface area contributed by atoms with Crippen LogP contribution in [0.1, 0.15) is 22.6 Å². The lowest BCUT2D eigenvalue weighted by Gasteiger charge is -2.33. The number of nitrogens with one attached hydrogen (secondary N) is 1. The zero-order chi connectivity index (χ0) is 25.2. The van der Waals surface area contributed by atoms with Crippen molar-refractivity contribution in [2.45, 2.75) is 37.8 Å². The minimum Gasteiger partial charge on any atom is -0.389 e. The van der Waals surface area contributed by atoms with Crippen molar-refractivity contribution in [1.82, 2.24) is 9.47 Å². The summed E-state index contributed by atoms with van der Waals surface area (Å²) in [4.78, 5) is 19.2. The largest absolute Gasteiger partial charge is 0.393 e. The van der Waals surface area contributed by atoms with E-state index in [1.54, 1.807) is 37.4 Å². The van der Waals surface area contributed by atoms with Crippen molar-refractivity contribution in [1.29, 1.82) is 0 Å². The number of fused-ring (bicyclic) bond motifs is 1. The summed E-state index contributed by atoms with van der Waals surface area (Å²) in [6.07, 6.45) is -4.75. The summed E-state index contributed by atoms with van der Waals surface area (Å²) in [5.41, 5.74) is 1.08. The van der Waals surface area contributed by atoms with E-state index < -0.39 is 24.8 Å². The fourth-order valence-corrected chi connectivity index (χ4v) is 5.31. The van der Waals surface area contributed by atoms with Gasteiger partial charge in [-0.2, -0.15) is 13.2 Å². The molecule has 0 amide bonds. The molecule has 3 heterocycles. The number of aromatic nitrogens is 1. The van der Waals surface area contributed by atoms with Gasteiger partial charge >= 0.3 is 6.18 Å². The molecule has 0 spiro atoms. The zero-order valence-corrected chi connectivity index (χ0v) is 20.1. The van der Waals surface area contributed by atoms with Gasteiger partial charge in [0.1, 0.15) is 6.17 Å². The van der Waals surface area contributed by atoms with Crippen molar-refractivity contribution >= 4 is 33.3 Å². The van der Waals surface area contributed by atoms with E-state index in [1.807, 2.05) is 11.9 Å². The van der Waals surface area contributed by atoms with E-state index in [-0.39, 0.29) is 17.7 Å². The molecular formula is C24H26F4N4O2S. The average molecular weight is 511 g/mol. The molecule has 0 radical (unpaired) electrons. The van der Waals surface area contributed by atoms with Gasteiger partial charge in [0, 0.05) is 26.2 Å². The van der Waals surface area contributed by atoms with Crippen LogP contribution in [-0.4, -0.2) is 54.2 Å². The van der Waals surface area contributed by atoms with E-state index in [0.29, 0.717) is 39.3 Å². The number of piperidine rings is 1. The maximum Gasteiger partial charge on any atom is 0.393 e. The number of pyridine rings is 1. The normalized spacial score (nSPS) is 19.5. The number of alkyl halides is 4. The first-order valence-electron chi connectivity index (χ1n) is 11.1. The molecular weight excluding hydrogens is 484 g/mol. The molecule has 0 unspecified atom stereocenters. The predicted molar refractivity (Wildman–Crippen MR) is 130 cm³/mol. The van der Waals surface area contributed by atoms with Crippen LogP contribution in [-0.2, 0) is 24.9 Å². The van der Waals surface area contributed by atoms with Gasteiger partial charge in [-0.15, -0.1) is 11.3 Å². The van der Waals surface area contributed by atoms with Gasteiger partial charge in [-0.25, -0.2) is 4.39 Å². The SMILES string of the molecule is CN1CC[C@@H](Nc2cccc3c(CC(F)(F)F)c(/C=N\OCc4cccc(=O)n4C)sc23)[C@@H](F)C1. The van der Waals surface area contributed by atoms with Crippen LogP contribution in [0.2, 0.25) is 0 Å². The van der Waals surface area contributed by atoms with E-state index in [4.69, 9.17) is 4.84 Å². The van der Waals surface area contributed by atoms with Gasteiger partial charge in [0.05, 0.1) is 39.6 Å². The number of hydrogen-bond donors (Lipinski definition) is 1. The standard InChI is InChI=1S/C24H26F4N4O2S/c1-31-10-9-19(18(25)13-31)30-20-7-4-6-16-17(11-24(26,27)28)21(35-23(16)20)12-29-34-14-15-5-3-8-22(33)32(15)2/h3-8,12,18-19,30H,9-11,13-14H2,1-2H3/b29-12-/t18-,19+/m0/s1. The molecule has 6 nitrogen and oxygen atoms in total. The van der Waals surface area contributed by atoms with Crippen LogP contribution >= 0.6 is 11.3 Å². The minimum absolute atomic E-state index is 0.0105. The summed E-state index contributed by atoms with van der Waals surface area (Å²) in [6, 6.07) is 9.36. The number of benzene rings is 1. The van der Waals surface area contributed by atoms with Crippen LogP contribution in [0.4, 0.5) is 23.2 Å². The van der Waals surface area contributed by atoms with Crippen LogP contribution in [0.15, 0.2) is 46.3 Å². The van der Waals surface area contributed by atoms with Gasteiger partial charge in [-0.3, -0.25) is 4.79 Å². The molecule has 1 aliphatic rings. The Morgan fingerprint density at radius 2 is 2.00 bits per heavy atom. The Balaban J connectivity index is 1.61. The molecule has 2 atom stereocenters. The van der Waals surface area contributed by atoms with Crippen LogP contribution in [0.25, 0.3) is 10.1 Å². The van der Waals surface area contributed by atoms with Gasteiger partial charge in [0.2, 0.25) is 0 Å². The van der Waals surface area contributed by atoms with E-state index in [1.165, 1.54) is 16.8 Å². The van der Waals surface area contributed by atoms with Crippen molar-refractivity contribution in [3.8, 4) is 0 Å². The quantitative estimate of drug-likeness (QED) is 0.284. The maximum absolute atomic E-state index is 14.6. The zero-order valence-electron chi connectivity index (χ0n) is 19.3. The summed E-state index contributed by atoms with van der Waals surface area (Å²) in [5.74, 6) is 0. The second-order valence-electron chi connectivity index (χ2n) is 8.66. The third kappa shape index (κ3) is 6.02. The molecule has 2 aromatic heterocycles. The number of oxime groups is 1. The molecule has 1 N–H and O–H groups in total. The van der Waals surface area contributed by atoms with E-state index in [0.717, 1.165) is 17.9 Å². The highest BCUT2D eigenvalue weighted by Crippen LogP contribution is 2.39. The maximum atomic E-state index is 14.6. The number of nitrogens with zero attached hydrogens (tertiary/aromatic N) is 3. The first kappa shape index (κ1) is 25.2. The molecule has 0 saturated carbocycles. The summed E-state index contributed by atoms with van der Waals surface area (Å²) >= 11 is 1.15. The van der Waals surface area contributed by atoms with E-state index in [9.17, 15) is 22.4 Å². The Morgan fingerprint density at radius 3 is 2.74 bits per heavy atom. The molecule has 1 saturated heterocycles. The van der Waals surface area contributed by atoms with Gasteiger partial charge in [0.25, 0.3) is 5.56 Å². The van der Waals surface area contributed by atoms with Crippen molar-refractivity contribution in [3.63, 3.8) is 0 Å². The molecule has 0 aliphatic carbocycles. The average Bonchev–Trinajstić information content (AvgIpc) is 3.12. The van der Waals surface area contributed by atoms with Gasteiger partial charge in [0.15, 0.2) is 6.61 Å². The van der Waals surface area contributed by atoms with Crippen LogP contribution in [0, 0.1) is 0 Å². The van der Waals surface area contributed by atoms with Gasteiger partial charge < -0.3 is 19.6 Å². The van der Waals surface area contributed by atoms with E-state index in [2.05, 4.69) is 10.5 Å². The number of likely N-dealkylation sites (tertiary alicyclic amines) is 1. The van der Waals surface area contributed by atoms with Crippen LogP contribution in [0.3, 0.4) is 0 Å². The molecule has 1 fully saturated rings. The number of halogens is 4. The van der Waals surface area contributed by atoms with Crippen LogP contribution in [0.5, 0.6) is 0 Å². The van der Waals surface area contributed by atoms with E-state index >= 15 is 0 Å². The Bertz CT molecular complexity index is 1270. The summed E-state index contributed by atoms with van der Waals surface area (Å²) in [7, 11) is 3.45. The predicted octanol–water partition coefficient (Wildman–Crippen LogP) is 4.71. The fourth-order valence-electron chi connectivity index (χ4n) is 4.15. The Morgan fingerprint density at radius 1 is 1.23 bits per heavy atom. The van der Waals surface area contributed by atoms with Crippen LogP contribution < -0.4 is 10.9 Å². The number of anilines is 1. The minimum atomic E-state index is -4.42. The topological polar surface area (TPSA) is 58.9 Å². The number of thiophene rings is 1. The lowest BCUT2D eigenvalue weighted by atomic mass is 10.0. The first-order valence-corrected chi connectivity index (χ1v) is 11.9. The first-order chi connectivity index (χ1) is 16.6. The highest BCUT2D eigenvalue weighted by Gasteiger charge is 2.32. The summed E-state index contributed by atoms with van der Waals surface area (Å²) < 4.78 is 56.8. The second-order valence-corrected chi connectivity index (χ2v) is 9.71. The lowest BCUT2D eigenvalue weighted by molar-refractivity contribution is -0.126. The van der Waals surface area contributed by atoms with Gasteiger partial charge in [-0.05, 0) is 36.6 Å². The molecule has 3 aromatic rings. The Kier molecular flexibility index (Phi) is 7.46. The van der Waals surface area contributed by atoms with Gasteiger partial charge in [-0.1, -0.05) is 23.4 Å². The molecule has 1 aliphatic heterocycles. The third-order valence-electron chi connectivity index (χ3n) is 6.06. The molecule has 188 valence electrons. The molecule has 35 heavy (non-hydrogen) atoms. The highest BCUT2D eigenvalue weighted by atomic mass is 32.1. The monoisotopic (exact) mass is 510 g/mol. The van der Waals surface area contributed by atoms with Crippen molar-refractivity contribution in [3.05, 3.63) is 62.9 Å². The molecule has 4 rings (SSSR count). The van der Waals surface area contributed by atoms with Crippen molar-refractivity contribution < 1.29 is 22.4 Å². The molecule has 1 aromatic carbocycles. The number of hydrogen-bond acceptors (Lipinski definition) is 6. The Hall–Kier alpha value is -2.92.